The van der Waals surface area contributed by atoms with Crippen molar-refractivity contribution < 1.29 is 9.80 Å². The molecule has 2 aromatic rings. The number of hydrogen-bond acceptors (Lipinski definition) is 3. The summed E-state index contributed by atoms with van der Waals surface area (Å²) in [6, 6.07) is 11.2. The summed E-state index contributed by atoms with van der Waals surface area (Å²) in [6.07, 6.45) is 2.30. The molecule has 6 nitrogen and oxygen atoms in total. The zero-order chi connectivity index (χ0) is 18.6. The highest BCUT2D eigenvalue weighted by atomic mass is 15.6. The van der Waals surface area contributed by atoms with Gasteiger partial charge in [0.25, 0.3) is 0 Å². The van der Waals surface area contributed by atoms with Crippen LogP contribution in [-0.2, 0) is 12.1 Å². The van der Waals surface area contributed by atoms with Crippen molar-refractivity contribution >= 4 is 0 Å². The Bertz CT molecular complexity index is 667. The Balaban J connectivity index is 1.67. The lowest BCUT2D eigenvalue weighted by molar-refractivity contribution is -1.03. The molecule has 0 spiro atoms. The van der Waals surface area contributed by atoms with Gasteiger partial charge in [-0.05, 0) is 31.2 Å². The minimum absolute atomic E-state index is 0.0787. The molecule has 1 aliphatic rings. The van der Waals surface area contributed by atoms with Gasteiger partial charge >= 0.3 is 0 Å². The van der Waals surface area contributed by atoms with Crippen LogP contribution in [0.1, 0.15) is 58.0 Å². The number of hydrogen-bond donors (Lipinski definition) is 2. The van der Waals surface area contributed by atoms with Crippen LogP contribution in [0.3, 0.4) is 0 Å². The van der Waals surface area contributed by atoms with Gasteiger partial charge in [0.1, 0.15) is 38.8 Å². The van der Waals surface area contributed by atoms with Gasteiger partial charge in [0.15, 0.2) is 0 Å². The van der Waals surface area contributed by atoms with E-state index in [2.05, 4.69) is 73.6 Å². The topological polar surface area (TPSA) is 52.5 Å². The van der Waals surface area contributed by atoms with Crippen LogP contribution in [0.4, 0.5) is 0 Å². The molecular weight excluding hydrogens is 324 g/mol. The van der Waals surface area contributed by atoms with Gasteiger partial charge < -0.3 is 9.80 Å². The van der Waals surface area contributed by atoms with E-state index in [4.69, 9.17) is 0 Å². The summed E-state index contributed by atoms with van der Waals surface area (Å²) in [5.74, 6) is 1.06. The Kier molecular flexibility index (Phi) is 6.04. The van der Waals surface area contributed by atoms with Gasteiger partial charge in [0.2, 0.25) is 5.82 Å². The van der Waals surface area contributed by atoms with Gasteiger partial charge in [0, 0.05) is 12.0 Å². The maximum Gasteiger partial charge on any atom is 0.209 e. The molecule has 2 heterocycles. The monoisotopic (exact) mass is 358 g/mol. The first kappa shape index (κ1) is 19.0. The van der Waals surface area contributed by atoms with Gasteiger partial charge in [-0.2, -0.15) is 0 Å². The van der Waals surface area contributed by atoms with Crippen LogP contribution in [-0.4, -0.2) is 46.4 Å². The van der Waals surface area contributed by atoms with Crippen molar-refractivity contribution in [3.8, 4) is 0 Å². The Labute approximate surface area is 157 Å². The summed E-state index contributed by atoms with van der Waals surface area (Å²) in [5, 5.41) is 12.7. The highest BCUT2D eigenvalue weighted by Crippen LogP contribution is 2.19. The van der Waals surface area contributed by atoms with E-state index in [9.17, 15) is 0 Å². The third kappa shape index (κ3) is 4.48. The van der Waals surface area contributed by atoms with E-state index in [1.54, 1.807) is 9.80 Å². The Morgan fingerprint density at radius 3 is 2.38 bits per heavy atom. The van der Waals surface area contributed by atoms with Crippen LogP contribution >= 0.6 is 0 Å². The standard InChI is InChI=1S/C20H32N6/c1-5-9-18(19-21-22-23-26(19)20(2,3)4)25-14-12-24(13-15-25)16-17-10-7-6-8-11-17/h6-8,10-11,18H,5,9,12-16H2,1-4H3/p+2/t18-/m1/s1. The summed E-state index contributed by atoms with van der Waals surface area (Å²) in [6.45, 7) is 14.7. The number of rotatable bonds is 6. The molecule has 26 heavy (non-hydrogen) atoms. The number of piperazine rings is 1. The van der Waals surface area contributed by atoms with E-state index < -0.39 is 0 Å². The molecule has 142 valence electrons. The molecule has 6 heteroatoms. The summed E-state index contributed by atoms with van der Waals surface area (Å²) in [5.41, 5.74) is 1.36. The largest absolute Gasteiger partial charge is 0.322 e. The number of nitrogens with zero attached hydrogens (tertiary/aromatic N) is 4. The molecule has 1 aromatic heterocycles. The maximum absolute atomic E-state index is 4.44. The van der Waals surface area contributed by atoms with Gasteiger partial charge in [-0.1, -0.05) is 43.7 Å². The molecular formula is C20H34N6+2. The van der Waals surface area contributed by atoms with Crippen LogP contribution in [0.15, 0.2) is 30.3 Å². The zero-order valence-corrected chi connectivity index (χ0v) is 16.7. The quantitative estimate of drug-likeness (QED) is 0.779. The highest BCUT2D eigenvalue weighted by molar-refractivity contribution is 5.13. The fourth-order valence-electron chi connectivity index (χ4n) is 4.03. The average molecular weight is 359 g/mol. The molecule has 1 fully saturated rings. The van der Waals surface area contributed by atoms with Crippen molar-refractivity contribution in [3.63, 3.8) is 0 Å². The van der Waals surface area contributed by atoms with Crippen LogP contribution in [0.2, 0.25) is 0 Å². The summed E-state index contributed by atoms with van der Waals surface area (Å²) < 4.78 is 2.03. The van der Waals surface area contributed by atoms with Crippen molar-refractivity contribution in [3.05, 3.63) is 41.7 Å². The molecule has 1 atom stereocenters. The van der Waals surface area contributed by atoms with Gasteiger partial charge in [-0.3, -0.25) is 0 Å². The lowest BCUT2D eigenvalue weighted by Crippen LogP contribution is -3.27. The molecule has 1 aliphatic heterocycles. The van der Waals surface area contributed by atoms with E-state index in [0.717, 1.165) is 25.2 Å². The lowest BCUT2D eigenvalue weighted by atomic mass is 10.0. The maximum atomic E-state index is 4.44. The molecule has 0 unspecified atom stereocenters. The second-order valence-electron chi connectivity index (χ2n) is 8.53. The van der Waals surface area contributed by atoms with Gasteiger partial charge in [-0.25, -0.2) is 4.68 Å². The van der Waals surface area contributed by atoms with E-state index in [-0.39, 0.29) is 5.54 Å². The van der Waals surface area contributed by atoms with Crippen molar-refractivity contribution in [1.29, 1.82) is 0 Å². The molecule has 3 rings (SSSR count). The van der Waals surface area contributed by atoms with Gasteiger partial charge in [0.05, 0.1) is 5.54 Å². The predicted molar refractivity (Wildman–Crippen MR) is 102 cm³/mol. The lowest BCUT2D eigenvalue weighted by Gasteiger charge is -2.35. The van der Waals surface area contributed by atoms with Gasteiger partial charge in [-0.15, -0.1) is 5.10 Å². The van der Waals surface area contributed by atoms with Crippen LogP contribution < -0.4 is 9.80 Å². The van der Waals surface area contributed by atoms with E-state index in [1.165, 1.54) is 31.7 Å². The van der Waals surface area contributed by atoms with E-state index in [0.29, 0.717) is 6.04 Å². The molecule has 1 saturated heterocycles. The fourth-order valence-corrected chi connectivity index (χ4v) is 4.03. The third-order valence-electron chi connectivity index (χ3n) is 5.41. The first-order valence-electron chi connectivity index (χ1n) is 10.00. The third-order valence-corrected chi connectivity index (χ3v) is 5.41. The molecule has 1 aromatic carbocycles. The fraction of sp³-hybridized carbons (Fsp3) is 0.650. The van der Waals surface area contributed by atoms with Crippen LogP contribution in [0.5, 0.6) is 0 Å². The summed E-state index contributed by atoms with van der Waals surface area (Å²) in [4.78, 5) is 3.33. The summed E-state index contributed by atoms with van der Waals surface area (Å²) in [7, 11) is 0. The Hall–Kier alpha value is -1.79. The van der Waals surface area contributed by atoms with Crippen molar-refractivity contribution in [1.82, 2.24) is 20.2 Å². The number of nitrogens with one attached hydrogen (secondary N) is 2. The molecule has 2 N–H and O–H groups in total. The highest BCUT2D eigenvalue weighted by Gasteiger charge is 2.35. The number of tetrazole rings is 1. The molecule has 0 saturated carbocycles. The second-order valence-corrected chi connectivity index (χ2v) is 8.53. The van der Waals surface area contributed by atoms with Crippen LogP contribution in [0, 0.1) is 0 Å². The zero-order valence-electron chi connectivity index (χ0n) is 16.7. The first-order chi connectivity index (χ1) is 12.5. The van der Waals surface area contributed by atoms with Crippen LogP contribution in [0.25, 0.3) is 0 Å². The predicted octanol–water partition coefficient (Wildman–Crippen LogP) is 0.253. The van der Waals surface area contributed by atoms with Crippen molar-refractivity contribution in [2.24, 2.45) is 0 Å². The smallest absolute Gasteiger partial charge is 0.209 e. The number of benzene rings is 1. The number of quaternary nitrogens is 2. The second kappa shape index (κ2) is 8.27. The van der Waals surface area contributed by atoms with Crippen molar-refractivity contribution in [2.45, 2.75) is 58.7 Å². The Morgan fingerprint density at radius 2 is 1.77 bits per heavy atom. The average Bonchev–Trinajstić information content (AvgIpc) is 3.11. The van der Waals surface area contributed by atoms with E-state index >= 15 is 0 Å². The normalized spacial score (nSPS) is 22.3. The molecule has 0 amide bonds. The number of aromatic nitrogens is 4. The minimum Gasteiger partial charge on any atom is -0.322 e. The first-order valence-corrected chi connectivity index (χ1v) is 10.00. The van der Waals surface area contributed by atoms with Crippen molar-refractivity contribution in [2.75, 3.05) is 26.2 Å². The minimum atomic E-state index is -0.0787. The molecule has 0 aliphatic carbocycles. The molecule has 0 bridgehead atoms. The molecule has 0 radical (unpaired) electrons. The SMILES string of the molecule is CCC[C@H](c1nnnn1C(C)(C)C)[NH+]1CC[NH+](Cc2ccccc2)CC1. The Morgan fingerprint density at radius 1 is 1.08 bits per heavy atom. The summed E-state index contributed by atoms with van der Waals surface area (Å²) >= 11 is 0. The van der Waals surface area contributed by atoms with E-state index in [1.807, 2.05) is 4.68 Å².